The summed E-state index contributed by atoms with van der Waals surface area (Å²) in [5.74, 6) is 0. The Hall–Kier alpha value is -1.14. The molecule has 2 heteroatoms. The van der Waals surface area contributed by atoms with Crippen LogP contribution in [0.4, 0.5) is 0 Å². The highest BCUT2D eigenvalue weighted by molar-refractivity contribution is 5.70. The summed E-state index contributed by atoms with van der Waals surface area (Å²) in [4.78, 5) is 7.35. The van der Waals surface area contributed by atoms with Crippen molar-refractivity contribution in [2.45, 2.75) is 6.92 Å². The zero-order chi connectivity index (χ0) is 6.24. The van der Waals surface area contributed by atoms with Gasteiger partial charge in [0.05, 0.1) is 6.20 Å². The molecule has 0 atom stereocenters. The van der Waals surface area contributed by atoms with Crippen molar-refractivity contribution in [1.29, 1.82) is 0 Å². The van der Waals surface area contributed by atoms with Gasteiger partial charge in [-0.15, -0.1) is 5.73 Å². The molecule has 0 aromatic carbocycles. The molecule has 0 saturated heterocycles. The third kappa shape index (κ3) is 4.86. The summed E-state index contributed by atoms with van der Waals surface area (Å²) < 4.78 is 0. The van der Waals surface area contributed by atoms with Gasteiger partial charge in [0.25, 0.3) is 0 Å². The first-order chi connectivity index (χ1) is 3.91. The maximum atomic E-state index is 3.69. The lowest BCUT2D eigenvalue weighted by Crippen LogP contribution is -1.61. The van der Waals surface area contributed by atoms with E-state index in [-0.39, 0.29) is 0 Å². The lowest BCUT2D eigenvalue weighted by molar-refractivity contribution is 1.56. The van der Waals surface area contributed by atoms with Gasteiger partial charge in [0, 0.05) is 6.21 Å². The molecule has 0 aromatic heterocycles. The standard InChI is InChI=1S/C6H8N2/c1-3-5-8-6-7-4-2/h4-6H,1H2,2H3. The van der Waals surface area contributed by atoms with Gasteiger partial charge < -0.3 is 0 Å². The molecule has 0 bridgehead atoms. The monoisotopic (exact) mass is 108 g/mol. The van der Waals surface area contributed by atoms with E-state index in [4.69, 9.17) is 0 Å². The van der Waals surface area contributed by atoms with Crippen LogP contribution in [-0.4, -0.2) is 12.6 Å². The summed E-state index contributed by atoms with van der Waals surface area (Å²) in [6.07, 6.45) is 4.53. The van der Waals surface area contributed by atoms with Gasteiger partial charge in [0.15, 0.2) is 0 Å². The second-order valence-electron chi connectivity index (χ2n) is 1.01. The van der Waals surface area contributed by atoms with E-state index in [1.807, 2.05) is 6.92 Å². The Kier molecular flexibility index (Phi) is 5.02. The molecule has 0 saturated carbocycles. The Bertz CT molecular complexity index is 139. The molecule has 0 aliphatic carbocycles. The second kappa shape index (κ2) is 5.86. The molecule has 0 heterocycles. The SMILES string of the molecule is C=C=CN=CN=CC. The molecule has 0 amide bonds. The van der Waals surface area contributed by atoms with Gasteiger partial charge in [-0.25, -0.2) is 9.98 Å². The van der Waals surface area contributed by atoms with Crippen molar-refractivity contribution in [2.75, 3.05) is 0 Å². The smallest absolute Gasteiger partial charge is 0.115 e. The van der Waals surface area contributed by atoms with Gasteiger partial charge in [-0.3, -0.25) is 0 Å². The Labute approximate surface area is 49.0 Å². The number of hydrogen-bond donors (Lipinski definition) is 0. The van der Waals surface area contributed by atoms with E-state index in [1.54, 1.807) is 6.21 Å². The lowest BCUT2D eigenvalue weighted by Gasteiger charge is -1.67. The van der Waals surface area contributed by atoms with Crippen LogP contribution in [0.5, 0.6) is 0 Å². The van der Waals surface area contributed by atoms with E-state index < -0.39 is 0 Å². The number of nitrogens with zero attached hydrogens (tertiary/aromatic N) is 2. The van der Waals surface area contributed by atoms with Crippen LogP contribution in [-0.2, 0) is 0 Å². The molecule has 0 fully saturated rings. The minimum atomic E-state index is 1.43. The first-order valence-electron chi connectivity index (χ1n) is 2.25. The molecular formula is C6H8N2. The highest BCUT2D eigenvalue weighted by Gasteiger charge is 1.53. The molecular weight excluding hydrogens is 100 g/mol. The molecule has 8 heavy (non-hydrogen) atoms. The van der Waals surface area contributed by atoms with E-state index in [1.165, 1.54) is 12.5 Å². The Morgan fingerprint density at radius 3 is 2.75 bits per heavy atom. The number of aliphatic imine (C=N–C) groups is 2. The molecule has 2 nitrogen and oxygen atoms in total. The second-order valence-corrected chi connectivity index (χ2v) is 1.01. The van der Waals surface area contributed by atoms with Gasteiger partial charge in [0.2, 0.25) is 0 Å². The fourth-order valence-corrected chi connectivity index (χ4v) is 0.191. The van der Waals surface area contributed by atoms with Crippen molar-refractivity contribution in [3.63, 3.8) is 0 Å². The largest absolute Gasteiger partial charge is 0.250 e. The van der Waals surface area contributed by atoms with E-state index in [2.05, 4.69) is 22.3 Å². The molecule has 0 aromatic rings. The van der Waals surface area contributed by atoms with Crippen LogP contribution >= 0.6 is 0 Å². The minimum Gasteiger partial charge on any atom is -0.250 e. The van der Waals surface area contributed by atoms with Crippen molar-refractivity contribution < 1.29 is 0 Å². The molecule has 0 spiro atoms. The molecule has 0 radical (unpaired) electrons. The summed E-state index contributed by atoms with van der Waals surface area (Å²) in [6, 6.07) is 0. The molecule has 0 aliphatic rings. The van der Waals surface area contributed by atoms with Crippen molar-refractivity contribution in [3.8, 4) is 0 Å². The quantitative estimate of drug-likeness (QED) is 0.290. The van der Waals surface area contributed by atoms with Gasteiger partial charge in [0.1, 0.15) is 6.34 Å². The van der Waals surface area contributed by atoms with Crippen molar-refractivity contribution in [3.05, 3.63) is 18.5 Å². The highest BCUT2D eigenvalue weighted by atomic mass is 14.8. The van der Waals surface area contributed by atoms with E-state index in [0.29, 0.717) is 0 Å². The third-order valence-electron chi connectivity index (χ3n) is 0.448. The summed E-state index contributed by atoms with van der Waals surface area (Å²) in [5.41, 5.74) is 2.48. The molecule has 0 N–H and O–H groups in total. The summed E-state index contributed by atoms with van der Waals surface area (Å²) in [5, 5.41) is 0. The van der Waals surface area contributed by atoms with Gasteiger partial charge >= 0.3 is 0 Å². The maximum absolute atomic E-state index is 3.69. The molecule has 42 valence electrons. The summed E-state index contributed by atoms with van der Waals surface area (Å²) in [7, 11) is 0. The fraction of sp³-hybridized carbons (Fsp3) is 0.167. The highest BCUT2D eigenvalue weighted by Crippen LogP contribution is 1.65. The van der Waals surface area contributed by atoms with Crippen LogP contribution in [0.15, 0.2) is 28.5 Å². The van der Waals surface area contributed by atoms with Crippen LogP contribution in [0.3, 0.4) is 0 Å². The first kappa shape index (κ1) is 6.86. The van der Waals surface area contributed by atoms with E-state index >= 15 is 0 Å². The number of hydrogen-bond acceptors (Lipinski definition) is 1. The average molecular weight is 108 g/mol. The van der Waals surface area contributed by atoms with Crippen LogP contribution in [0.1, 0.15) is 6.92 Å². The first-order valence-corrected chi connectivity index (χ1v) is 2.25. The van der Waals surface area contributed by atoms with Crippen molar-refractivity contribution in [2.24, 2.45) is 9.98 Å². The summed E-state index contributed by atoms with van der Waals surface area (Å²) >= 11 is 0. The fourth-order valence-electron chi connectivity index (χ4n) is 0.191. The Balaban J connectivity index is 3.50. The van der Waals surface area contributed by atoms with Crippen LogP contribution in [0.2, 0.25) is 0 Å². The topological polar surface area (TPSA) is 24.7 Å². The average Bonchev–Trinajstić information content (AvgIpc) is 1.81. The van der Waals surface area contributed by atoms with Crippen LogP contribution < -0.4 is 0 Å². The zero-order valence-corrected chi connectivity index (χ0v) is 4.83. The van der Waals surface area contributed by atoms with E-state index in [9.17, 15) is 0 Å². The van der Waals surface area contributed by atoms with Gasteiger partial charge in [-0.1, -0.05) is 6.58 Å². The Morgan fingerprint density at radius 1 is 1.50 bits per heavy atom. The molecule has 0 unspecified atom stereocenters. The molecule has 0 rings (SSSR count). The number of rotatable bonds is 2. The Morgan fingerprint density at radius 2 is 2.25 bits per heavy atom. The lowest BCUT2D eigenvalue weighted by atomic mass is 10.9. The molecule has 0 aliphatic heterocycles. The van der Waals surface area contributed by atoms with Crippen LogP contribution in [0.25, 0.3) is 0 Å². The summed E-state index contributed by atoms with van der Waals surface area (Å²) in [6.45, 7) is 5.14. The maximum Gasteiger partial charge on any atom is 0.115 e. The predicted octanol–water partition coefficient (Wildman–Crippen LogP) is 1.40. The minimum absolute atomic E-state index is 1.43. The zero-order valence-electron chi connectivity index (χ0n) is 4.83. The van der Waals surface area contributed by atoms with Gasteiger partial charge in [-0.2, -0.15) is 0 Å². The van der Waals surface area contributed by atoms with Crippen molar-refractivity contribution in [1.82, 2.24) is 0 Å². The van der Waals surface area contributed by atoms with Crippen LogP contribution in [0, 0.1) is 0 Å². The third-order valence-corrected chi connectivity index (χ3v) is 0.448. The van der Waals surface area contributed by atoms with Gasteiger partial charge in [-0.05, 0) is 6.92 Å². The van der Waals surface area contributed by atoms with E-state index in [0.717, 1.165) is 0 Å². The van der Waals surface area contributed by atoms with Crippen molar-refractivity contribution >= 4 is 12.6 Å². The normalized spacial score (nSPS) is 10.1. The predicted molar refractivity (Wildman–Crippen MR) is 36.4 cm³/mol.